The van der Waals surface area contributed by atoms with E-state index in [1.807, 2.05) is 0 Å². The number of carboxylic acid groups (broad SMARTS) is 1. The van der Waals surface area contributed by atoms with Gasteiger partial charge >= 0.3 is 11.9 Å². The number of fused-ring (bicyclic) bond motifs is 1. The van der Waals surface area contributed by atoms with Crippen molar-refractivity contribution in [2.45, 2.75) is 0 Å². The quantitative estimate of drug-likeness (QED) is 0.632. The van der Waals surface area contributed by atoms with Crippen LogP contribution in [0, 0.1) is 0 Å². The Morgan fingerprint density at radius 2 is 2.17 bits per heavy atom. The van der Waals surface area contributed by atoms with Crippen LogP contribution in [-0.4, -0.2) is 31.3 Å². The van der Waals surface area contributed by atoms with E-state index in [1.54, 1.807) is 24.3 Å². The lowest BCUT2D eigenvalue weighted by molar-refractivity contribution is 0.0643. The number of aromatic carboxylic acids is 1. The summed E-state index contributed by atoms with van der Waals surface area (Å²) in [5.41, 5.74) is 1.22. The van der Waals surface area contributed by atoms with Crippen molar-refractivity contribution < 1.29 is 19.5 Å². The number of hydrogen-bond donors (Lipinski definition) is 3. The summed E-state index contributed by atoms with van der Waals surface area (Å²) in [5, 5.41) is 22.4. The Hall–Kier alpha value is -2.83. The predicted octanol–water partition coefficient (Wildman–Crippen LogP) is 1.62. The highest BCUT2D eigenvalue weighted by atomic mass is 16.5. The van der Waals surface area contributed by atoms with E-state index in [0.29, 0.717) is 11.2 Å². The molecule has 18 heavy (non-hydrogen) atoms. The topological polar surface area (TPSA) is 112 Å². The first-order chi connectivity index (χ1) is 8.63. The normalized spacial score (nSPS) is 10.9. The third kappa shape index (κ3) is 1.58. The molecular weight excluding hydrogens is 238 g/mol. The van der Waals surface area contributed by atoms with Crippen LogP contribution in [0.25, 0.3) is 22.4 Å². The number of aromatic nitrogens is 3. The van der Waals surface area contributed by atoms with Gasteiger partial charge in [-0.15, -0.1) is 0 Å². The lowest BCUT2D eigenvalue weighted by Crippen LogP contribution is -1.95. The van der Waals surface area contributed by atoms with Crippen molar-refractivity contribution in [1.29, 1.82) is 0 Å². The minimum Gasteiger partial charge on any atom is -0.508 e. The average Bonchev–Trinajstić information content (AvgIpc) is 2.93. The monoisotopic (exact) mass is 245 g/mol. The van der Waals surface area contributed by atoms with Crippen LogP contribution in [-0.2, 0) is 0 Å². The van der Waals surface area contributed by atoms with Crippen molar-refractivity contribution in [1.82, 2.24) is 15.1 Å². The number of nitrogens with one attached hydrogen (secondary N) is 1. The molecule has 0 fully saturated rings. The lowest BCUT2D eigenvalue weighted by atomic mass is 10.2. The van der Waals surface area contributed by atoms with Gasteiger partial charge in [-0.05, 0) is 18.2 Å². The van der Waals surface area contributed by atoms with Gasteiger partial charge in [0.1, 0.15) is 5.75 Å². The van der Waals surface area contributed by atoms with E-state index >= 15 is 0 Å². The Kier molecular flexibility index (Phi) is 2.06. The van der Waals surface area contributed by atoms with Gasteiger partial charge in [0.2, 0.25) is 5.82 Å². The zero-order valence-corrected chi connectivity index (χ0v) is 8.91. The van der Waals surface area contributed by atoms with E-state index < -0.39 is 11.9 Å². The van der Waals surface area contributed by atoms with E-state index in [9.17, 15) is 9.90 Å². The number of aromatic hydroxyl groups is 1. The molecule has 7 heteroatoms. The fourth-order valence-electron chi connectivity index (χ4n) is 1.66. The molecule has 2 aromatic heterocycles. The third-order valence-electron chi connectivity index (χ3n) is 2.46. The molecule has 0 radical (unpaired) electrons. The molecule has 0 unspecified atom stereocenters. The van der Waals surface area contributed by atoms with Gasteiger partial charge in [0.05, 0.1) is 5.69 Å². The molecule has 0 amide bonds. The van der Waals surface area contributed by atoms with Crippen LogP contribution in [0.3, 0.4) is 0 Å². The number of carbonyl (C=O) groups is 1. The molecule has 0 spiro atoms. The van der Waals surface area contributed by atoms with Crippen LogP contribution < -0.4 is 0 Å². The van der Waals surface area contributed by atoms with Gasteiger partial charge in [-0.1, -0.05) is 5.16 Å². The van der Waals surface area contributed by atoms with E-state index in [2.05, 4.69) is 19.6 Å². The van der Waals surface area contributed by atoms with Crippen LogP contribution in [0.15, 0.2) is 28.8 Å². The second-order valence-corrected chi connectivity index (χ2v) is 3.68. The summed E-state index contributed by atoms with van der Waals surface area (Å²) in [7, 11) is 0. The Morgan fingerprint density at radius 3 is 2.89 bits per heavy atom. The average molecular weight is 245 g/mol. The summed E-state index contributed by atoms with van der Waals surface area (Å²) < 4.78 is 4.57. The number of benzene rings is 1. The van der Waals surface area contributed by atoms with Crippen LogP contribution in [0.2, 0.25) is 0 Å². The molecular formula is C11H7N3O4. The minimum absolute atomic E-state index is 0.134. The molecule has 3 aromatic rings. The van der Waals surface area contributed by atoms with Crippen molar-refractivity contribution in [3.8, 4) is 17.3 Å². The SMILES string of the molecule is O=C(O)c1nc(-c2cc3ccc(O)cc3[nH]2)no1. The fourth-order valence-corrected chi connectivity index (χ4v) is 1.66. The number of H-pyrrole nitrogens is 1. The molecule has 3 N–H and O–H groups in total. The number of rotatable bonds is 2. The molecule has 0 atom stereocenters. The van der Waals surface area contributed by atoms with Gasteiger partial charge in [0.15, 0.2) is 0 Å². The first kappa shape index (κ1) is 10.3. The molecule has 1 aromatic carbocycles. The van der Waals surface area contributed by atoms with Crippen LogP contribution in [0.4, 0.5) is 0 Å². The third-order valence-corrected chi connectivity index (χ3v) is 2.46. The summed E-state index contributed by atoms with van der Waals surface area (Å²) in [6.07, 6.45) is 0. The second-order valence-electron chi connectivity index (χ2n) is 3.68. The van der Waals surface area contributed by atoms with Gasteiger partial charge < -0.3 is 19.7 Å². The highest BCUT2D eigenvalue weighted by Crippen LogP contribution is 2.24. The molecule has 0 bridgehead atoms. The zero-order chi connectivity index (χ0) is 12.7. The number of hydrogen-bond acceptors (Lipinski definition) is 5. The van der Waals surface area contributed by atoms with Gasteiger partial charge in [-0.2, -0.15) is 4.98 Å². The molecule has 3 rings (SSSR count). The Labute approximate surface area is 99.7 Å². The fraction of sp³-hybridized carbons (Fsp3) is 0. The summed E-state index contributed by atoms with van der Waals surface area (Å²) >= 11 is 0. The van der Waals surface area contributed by atoms with Crippen LogP contribution in [0.1, 0.15) is 10.7 Å². The maximum atomic E-state index is 10.6. The van der Waals surface area contributed by atoms with Crippen LogP contribution >= 0.6 is 0 Å². The molecule has 0 aliphatic carbocycles. The van der Waals surface area contributed by atoms with Crippen molar-refractivity contribution >= 4 is 16.9 Å². The second kappa shape index (κ2) is 3.59. The molecule has 2 heterocycles. The number of phenols is 1. The smallest absolute Gasteiger partial charge is 0.394 e. The minimum atomic E-state index is -1.28. The van der Waals surface area contributed by atoms with Gasteiger partial charge in [0.25, 0.3) is 0 Å². The van der Waals surface area contributed by atoms with E-state index in [4.69, 9.17) is 5.11 Å². The summed E-state index contributed by atoms with van der Waals surface area (Å²) in [6.45, 7) is 0. The molecule has 0 aliphatic rings. The Morgan fingerprint density at radius 1 is 1.33 bits per heavy atom. The van der Waals surface area contributed by atoms with Crippen molar-refractivity contribution in [2.24, 2.45) is 0 Å². The molecule has 0 saturated carbocycles. The number of phenolic OH excluding ortho intramolecular Hbond substituents is 1. The summed E-state index contributed by atoms with van der Waals surface area (Å²) in [5.74, 6) is -1.45. The first-order valence-electron chi connectivity index (χ1n) is 5.02. The first-order valence-corrected chi connectivity index (χ1v) is 5.02. The van der Waals surface area contributed by atoms with Gasteiger partial charge in [0, 0.05) is 17.0 Å². The lowest BCUT2D eigenvalue weighted by Gasteiger charge is -1.90. The highest BCUT2D eigenvalue weighted by molar-refractivity contribution is 5.86. The molecule has 90 valence electrons. The molecule has 0 aliphatic heterocycles. The number of carboxylic acids is 1. The largest absolute Gasteiger partial charge is 0.508 e. The van der Waals surface area contributed by atoms with Crippen molar-refractivity contribution in [2.75, 3.05) is 0 Å². The molecule has 0 saturated heterocycles. The number of aromatic amines is 1. The van der Waals surface area contributed by atoms with E-state index in [0.717, 1.165) is 5.39 Å². The maximum Gasteiger partial charge on any atom is 0.394 e. The maximum absolute atomic E-state index is 10.6. The van der Waals surface area contributed by atoms with E-state index in [-0.39, 0.29) is 11.6 Å². The van der Waals surface area contributed by atoms with E-state index in [1.165, 1.54) is 0 Å². The van der Waals surface area contributed by atoms with Gasteiger partial charge in [-0.25, -0.2) is 4.79 Å². The Bertz CT molecular complexity index is 744. The van der Waals surface area contributed by atoms with Crippen LogP contribution in [0.5, 0.6) is 5.75 Å². The summed E-state index contributed by atoms with van der Waals surface area (Å²) in [6, 6.07) is 6.57. The van der Waals surface area contributed by atoms with Gasteiger partial charge in [-0.3, -0.25) is 0 Å². The standard InChI is InChI=1S/C11H7N3O4/c15-6-2-1-5-3-8(12-7(5)4-6)9-13-10(11(16)17)18-14-9/h1-4,12,15H,(H,16,17). The Balaban J connectivity index is 2.10. The number of nitrogens with zero attached hydrogens (tertiary/aromatic N) is 2. The highest BCUT2D eigenvalue weighted by Gasteiger charge is 2.15. The van der Waals surface area contributed by atoms with Crippen molar-refractivity contribution in [3.63, 3.8) is 0 Å². The predicted molar refractivity (Wildman–Crippen MR) is 60.2 cm³/mol. The zero-order valence-electron chi connectivity index (χ0n) is 8.91. The summed E-state index contributed by atoms with van der Waals surface area (Å²) in [4.78, 5) is 17.3. The molecule has 7 nitrogen and oxygen atoms in total. The van der Waals surface area contributed by atoms with Crippen molar-refractivity contribution in [3.05, 3.63) is 30.2 Å².